The molecule has 0 bridgehead atoms. The van der Waals surface area contributed by atoms with E-state index in [1.807, 2.05) is 60.7 Å². The zero-order chi connectivity index (χ0) is 23.3. The van der Waals surface area contributed by atoms with Crippen LogP contribution >= 0.6 is 0 Å². The second kappa shape index (κ2) is 9.84. The van der Waals surface area contributed by atoms with E-state index in [9.17, 15) is 8.78 Å². The molecule has 0 saturated heterocycles. The van der Waals surface area contributed by atoms with Crippen LogP contribution in [0.3, 0.4) is 0 Å². The first-order chi connectivity index (χ1) is 16.7. The highest BCUT2D eigenvalue weighted by Crippen LogP contribution is 2.37. The minimum absolute atomic E-state index is 0.0357. The second-order valence-corrected chi connectivity index (χ2v) is 8.46. The minimum Gasteiger partial charge on any atom is -0.207 e. The van der Waals surface area contributed by atoms with E-state index in [1.165, 1.54) is 24.3 Å². The van der Waals surface area contributed by atoms with E-state index in [4.69, 9.17) is 0 Å². The summed E-state index contributed by atoms with van der Waals surface area (Å²) in [5, 5.41) is 0. The van der Waals surface area contributed by atoms with Gasteiger partial charge in [0.25, 0.3) is 0 Å². The zero-order valence-electron chi connectivity index (χ0n) is 18.6. The van der Waals surface area contributed by atoms with Crippen molar-refractivity contribution in [3.05, 3.63) is 178 Å². The minimum atomic E-state index is -0.246. The van der Waals surface area contributed by atoms with Gasteiger partial charge in [0.15, 0.2) is 0 Å². The van der Waals surface area contributed by atoms with Crippen LogP contribution in [0, 0.1) is 11.6 Å². The van der Waals surface area contributed by atoms with Gasteiger partial charge in [0.1, 0.15) is 11.6 Å². The highest BCUT2D eigenvalue weighted by atomic mass is 19.1. The van der Waals surface area contributed by atoms with Crippen LogP contribution in [-0.4, -0.2) is 0 Å². The molecule has 0 aliphatic carbocycles. The number of rotatable bonds is 6. The quantitative estimate of drug-likeness (QED) is 0.230. The van der Waals surface area contributed by atoms with Crippen LogP contribution in [0.15, 0.2) is 133 Å². The maximum atomic E-state index is 13.7. The molecule has 0 aliphatic heterocycles. The Morgan fingerprint density at radius 1 is 0.324 bits per heavy atom. The van der Waals surface area contributed by atoms with Crippen LogP contribution in [0.2, 0.25) is 0 Å². The van der Waals surface area contributed by atoms with Gasteiger partial charge >= 0.3 is 0 Å². The molecule has 0 spiro atoms. The molecule has 0 aromatic heterocycles. The summed E-state index contributed by atoms with van der Waals surface area (Å²) in [4.78, 5) is 0. The molecule has 0 amide bonds. The molecular formula is C32H24F2. The molecule has 166 valence electrons. The van der Waals surface area contributed by atoms with E-state index in [-0.39, 0.29) is 23.5 Å². The van der Waals surface area contributed by atoms with Gasteiger partial charge in [0.05, 0.1) is 0 Å². The summed E-state index contributed by atoms with van der Waals surface area (Å²) in [6, 6.07) is 42.6. The lowest BCUT2D eigenvalue weighted by atomic mass is 9.80. The Hall–Kier alpha value is -4.04. The summed E-state index contributed by atoms with van der Waals surface area (Å²) >= 11 is 0. The first kappa shape index (κ1) is 21.8. The molecule has 5 aromatic rings. The molecule has 0 heterocycles. The maximum absolute atomic E-state index is 13.7. The molecule has 2 unspecified atom stereocenters. The lowest BCUT2D eigenvalue weighted by Gasteiger charge is -2.23. The van der Waals surface area contributed by atoms with E-state index in [0.29, 0.717) is 0 Å². The summed E-state index contributed by atoms with van der Waals surface area (Å²) in [7, 11) is 0. The summed E-state index contributed by atoms with van der Waals surface area (Å²) in [6.45, 7) is 0. The lowest BCUT2D eigenvalue weighted by molar-refractivity contribution is 0.626. The van der Waals surface area contributed by atoms with Crippen molar-refractivity contribution in [2.24, 2.45) is 0 Å². The Morgan fingerprint density at radius 2 is 0.647 bits per heavy atom. The van der Waals surface area contributed by atoms with Crippen molar-refractivity contribution < 1.29 is 8.78 Å². The van der Waals surface area contributed by atoms with Crippen LogP contribution in [0.25, 0.3) is 0 Å². The van der Waals surface area contributed by atoms with Crippen molar-refractivity contribution in [2.75, 3.05) is 0 Å². The monoisotopic (exact) mass is 446 g/mol. The Bertz CT molecular complexity index is 1240. The first-order valence-electron chi connectivity index (χ1n) is 11.4. The Kier molecular flexibility index (Phi) is 6.31. The predicted molar refractivity (Wildman–Crippen MR) is 134 cm³/mol. The summed E-state index contributed by atoms with van der Waals surface area (Å²) < 4.78 is 27.4. The third-order valence-corrected chi connectivity index (χ3v) is 6.25. The van der Waals surface area contributed by atoms with E-state index in [0.717, 1.165) is 33.4 Å². The average Bonchev–Trinajstić information content (AvgIpc) is 2.88. The van der Waals surface area contributed by atoms with Crippen molar-refractivity contribution in [1.82, 2.24) is 0 Å². The lowest BCUT2D eigenvalue weighted by Crippen LogP contribution is -2.07. The third-order valence-electron chi connectivity index (χ3n) is 6.25. The van der Waals surface area contributed by atoms with E-state index in [1.54, 1.807) is 0 Å². The molecule has 0 saturated carbocycles. The van der Waals surface area contributed by atoms with Gasteiger partial charge < -0.3 is 0 Å². The maximum Gasteiger partial charge on any atom is 0.123 e. The van der Waals surface area contributed by atoms with Crippen LogP contribution in [0.5, 0.6) is 0 Å². The van der Waals surface area contributed by atoms with Gasteiger partial charge in [-0.2, -0.15) is 0 Å². The Labute approximate surface area is 199 Å². The molecule has 2 atom stereocenters. The zero-order valence-corrected chi connectivity index (χ0v) is 18.6. The highest BCUT2D eigenvalue weighted by Gasteiger charge is 2.21. The SMILES string of the molecule is Fc1ccc(C(c2ccccc2)c2cccc(C(c3ccccc3)c3ccc(F)cc3)c2)cc1. The summed E-state index contributed by atoms with van der Waals surface area (Å²) in [5.41, 5.74) is 6.59. The van der Waals surface area contributed by atoms with Crippen LogP contribution in [0.4, 0.5) is 8.78 Å². The van der Waals surface area contributed by atoms with Gasteiger partial charge in [-0.25, -0.2) is 8.78 Å². The van der Waals surface area contributed by atoms with Gasteiger partial charge in [0.2, 0.25) is 0 Å². The molecule has 0 N–H and O–H groups in total. The van der Waals surface area contributed by atoms with Crippen molar-refractivity contribution >= 4 is 0 Å². The van der Waals surface area contributed by atoms with E-state index < -0.39 is 0 Å². The predicted octanol–water partition coefficient (Wildman–Crippen LogP) is 8.33. The largest absolute Gasteiger partial charge is 0.207 e. The second-order valence-electron chi connectivity index (χ2n) is 8.46. The van der Waals surface area contributed by atoms with Gasteiger partial charge in [-0.1, -0.05) is 109 Å². The van der Waals surface area contributed by atoms with E-state index >= 15 is 0 Å². The molecular weight excluding hydrogens is 422 g/mol. The summed E-state index contributed by atoms with van der Waals surface area (Å²) in [6.07, 6.45) is 0. The van der Waals surface area contributed by atoms with E-state index in [2.05, 4.69) is 48.5 Å². The molecule has 0 nitrogen and oxygen atoms in total. The van der Waals surface area contributed by atoms with Crippen molar-refractivity contribution in [1.29, 1.82) is 0 Å². The van der Waals surface area contributed by atoms with Gasteiger partial charge in [-0.15, -0.1) is 0 Å². The molecule has 0 radical (unpaired) electrons. The normalized spacial score (nSPS) is 12.8. The van der Waals surface area contributed by atoms with Crippen molar-refractivity contribution in [3.63, 3.8) is 0 Å². The highest BCUT2D eigenvalue weighted by molar-refractivity contribution is 5.48. The molecule has 0 aliphatic rings. The summed E-state index contributed by atoms with van der Waals surface area (Å²) in [5.74, 6) is -0.563. The van der Waals surface area contributed by atoms with Gasteiger partial charge in [-0.3, -0.25) is 0 Å². The third kappa shape index (κ3) is 4.67. The topological polar surface area (TPSA) is 0 Å². The number of benzene rings is 5. The van der Waals surface area contributed by atoms with Gasteiger partial charge in [-0.05, 0) is 57.6 Å². The average molecular weight is 447 g/mol. The molecule has 5 rings (SSSR count). The fourth-order valence-corrected chi connectivity index (χ4v) is 4.67. The Balaban J connectivity index is 1.65. The standard InChI is InChI=1S/C32H24F2/c33-29-18-14-25(15-19-29)31(23-8-3-1-4-9-23)27-12-7-13-28(22-27)32(24-10-5-2-6-11-24)26-16-20-30(34)21-17-26/h1-22,31-32H. The molecule has 34 heavy (non-hydrogen) atoms. The number of halogens is 2. The molecule has 2 heteroatoms. The van der Waals surface area contributed by atoms with Gasteiger partial charge in [0, 0.05) is 11.8 Å². The van der Waals surface area contributed by atoms with Crippen molar-refractivity contribution in [2.45, 2.75) is 11.8 Å². The first-order valence-corrected chi connectivity index (χ1v) is 11.4. The molecule has 0 fully saturated rings. The fourth-order valence-electron chi connectivity index (χ4n) is 4.67. The van der Waals surface area contributed by atoms with Crippen LogP contribution in [0.1, 0.15) is 45.2 Å². The number of hydrogen-bond acceptors (Lipinski definition) is 0. The number of hydrogen-bond donors (Lipinski definition) is 0. The van der Waals surface area contributed by atoms with Crippen molar-refractivity contribution in [3.8, 4) is 0 Å². The molecule has 5 aromatic carbocycles. The Morgan fingerprint density at radius 3 is 1.03 bits per heavy atom. The smallest absolute Gasteiger partial charge is 0.123 e. The van der Waals surface area contributed by atoms with Crippen LogP contribution in [-0.2, 0) is 0 Å². The van der Waals surface area contributed by atoms with Crippen LogP contribution < -0.4 is 0 Å². The fraction of sp³-hybridized carbons (Fsp3) is 0.0625.